The van der Waals surface area contributed by atoms with E-state index in [1.807, 2.05) is 12.1 Å². The lowest BCUT2D eigenvalue weighted by atomic mass is 10.00. The SMILES string of the molecule is c1ccc(-c2cccc(N(c3ccc4c(c3)oc3ccccc34)c3ccc4c5c(cccc35)-c3nc(-c5ccccc5)sc3-4)c2)cc1. The van der Waals surface area contributed by atoms with Gasteiger partial charge in [0.15, 0.2) is 0 Å². The average molecular weight is 619 g/mol. The average Bonchev–Trinajstić information content (AvgIpc) is 3.82. The summed E-state index contributed by atoms with van der Waals surface area (Å²) in [7, 11) is 0. The zero-order valence-corrected chi connectivity index (χ0v) is 26.0. The van der Waals surface area contributed by atoms with E-state index < -0.39 is 0 Å². The van der Waals surface area contributed by atoms with Crippen LogP contribution in [-0.4, -0.2) is 4.98 Å². The first-order valence-electron chi connectivity index (χ1n) is 15.8. The van der Waals surface area contributed by atoms with Crippen molar-refractivity contribution >= 4 is 61.1 Å². The van der Waals surface area contributed by atoms with Crippen LogP contribution in [0.5, 0.6) is 0 Å². The number of fused-ring (bicyclic) bond motifs is 6. The summed E-state index contributed by atoms with van der Waals surface area (Å²) < 4.78 is 6.39. The van der Waals surface area contributed by atoms with Crippen LogP contribution in [0.2, 0.25) is 0 Å². The fourth-order valence-corrected chi connectivity index (χ4v) is 8.21. The molecular formula is C43H26N2OS. The van der Waals surface area contributed by atoms with Gasteiger partial charge in [0.05, 0.1) is 16.3 Å². The molecule has 0 N–H and O–H groups in total. The molecule has 220 valence electrons. The van der Waals surface area contributed by atoms with Crippen LogP contribution in [0, 0.1) is 0 Å². The smallest absolute Gasteiger partial charge is 0.137 e. The minimum atomic E-state index is 0.874. The molecule has 1 aliphatic carbocycles. The predicted molar refractivity (Wildman–Crippen MR) is 197 cm³/mol. The van der Waals surface area contributed by atoms with Gasteiger partial charge in [0, 0.05) is 55.7 Å². The Bertz CT molecular complexity index is 2610. The normalized spacial score (nSPS) is 11.8. The summed E-state index contributed by atoms with van der Waals surface area (Å²) in [6, 6.07) is 55.9. The highest BCUT2D eigenvalue weighted by Gasteiger charge is 2.29. The van der Waals surface area contributed by atoms with Gasteiger partial charge in [-0.1, -0.05) is 115 Å². The van der Waals surface area contributed by atoms with Crippen LogP contribution in [0.25, 0.3) is 76.1 Å². The van der Waals surface area contributed by atoms with E-state index in [0.29, 0.717) is 0 Å². The van der Waals surface area contributed by atoms with Crippen LogP contribution in [0.15, 0.2) is 162 Å². The molecule has 10 rings (SSSR count). The molecule has 0 unspecified atom stereocenters. The third kappa shape index (κ3) is 4.09. The summed E-state index contributed by atoms with van der Waals surface area (Å²) in [6.45, 7) is 0. The summed E-state index contributed by atoms with van der Waals surface area (Å²) in [6.07, 6.45) is 0. The van der Waals surface area contributed by atoms with Gasteiger partial charge in [-0.2, -0.15) is 0 Å². The van der Waals surface area contributed by atoms with Gasteiger partial charge in [0.2, 0.25) is 0 Å². The third-order valence-electron chi connectivity index (χ3n) is 9.24. The van der Waals surface area contributed by atoms with Crippen molar-refractivity contribution in [3.63, 3.8) is 0 Å². The van der Waals surface area contributed by atoms with Crippen molar-refractivity contribution in [3.8, 4) is 43.4 Å². The first kappa shape index (κ1) is 26.3. The van der Waals surface area contributed by atoms with Crippen molar-refractivity contribution in [1.82, 2.24) is 4.98 Å². The summed E-state index contributed by atoms with van der Waals surface area (Å²) in [4.78, 5) is 8.80. The van der Waals surface area contributed by atoms with E-state index in [-0.39, 0.29) is 0 Å². The minimum Gasteiger partial charge on any atom is -0.456 e. The van der Waals surface area contributed by atoms with Gasteiger partial charge < -0.3 is 9.32 Å². The van der Waals surface area contributed by atoms with Gasteiger partial charge in [-0.15, -0.1) is 11.3 Å². The van der Waals surface area contributed by atoms with Crippen LogP contribution in [-0.2, 0) is 0 Å². The van der Waals surface area contributed by atoms with Crippen molar-refractivity contribution in [2.75, 3.05) is 4.90 Å². The molecule has 1 aliphatic rings. The summed E-state index contributed by atoms with van der Waals surface area (Å²) in [5.41, 5.74) is 12.0. The number of para-hydroxylation sites is 1. The first-order valence-corrected chi connectivity index (χ1v) is 16.6. The van der Waals surface area contributed by atoms with Gasteiger partial charge >= 0.3 is 0 Å². The molecular weight excluding hydrogens is 593 g/mol. The topological polar surface area (TPSA) is 29.3 Å². The molecule has 0 aliphatic heterocycles. The number of hydrogen-bond acceptors (Lipinski definition) is 4. The molecule has 2 aromatic heterocycles. The van der Waals surface area contributed by atoms with Crippen LogP contribution in [0.1, 0.15) is 0 Å². The van der Waals surface area contributed by atoms with Gasteiger partial charge in [-0.25, -0.2) is 4.98 Å². The molecule has 0 fully saturated rings. The van der Waals surface area contributed by atoms with E-state index in [0.717, 1.165) is 55.3 Å². The molecule has 0 saturated heterocycles. The Morgan fingerprint density at radius 2 is 1.19 bits per heavy atom. The van der Waals surface area contributed by atoms with Crippen molar-refractivity contribution in [2.45, 2.75) is 0 Å². The van der Waals surface area contributed by atoms with Gasteiger partial charge in [0.25, 0.3) is 0 Å². The zero-order valence-electron chi connectivity index (χ0n) is 25.2. The maximum atomic E-state index is 6.39. The van der Waals surface area contributed by atoms with Crippen molar-refractivity contribution < 1.29 is 4.42 Å². The standard InChI is InChI=1S/C43H26N2OS/c1-3-11-27(12-4-1)29-15-9-16-30(25-29)45(31-21-22-33-32-17-7-8-20-38(32)46-39(33)26-31)37-24-23-36-40-34(37)18-10-19-35(40)41-42(36)47-43(44-41)28-13-5-2-6-14-28/h1-26H. The Hall–Kier alpha value is -5.97. The van der Waals surface area contributed by atoms with Crippen LogP contribution in [0.4, 0.5) is 17.1 Å². The number of hydrogen-bond donors (Lipinski definition) is 0. The lowest BCUT2D eigenvalue weighted by Gasteiger charge is -2.27. The van der Waals surface area contributed by atoms with Crippen molar-refractivity contribution in [1.29, 1.82) is 0 Å². The van der Waals surface area contributed by atoms with Gasteiger partial charge in [-0.3, -0.25) is 0 Å². The van der Waals surface area contributed by atoms with Gasteiger partial charge in [-0.05, 0) is 47.5 Å². The largest absolute Gasteiger partial charge is 0.456 e. The molecule has 2 heterocycles. The highest BCUT2D eigenvalue weighted by Crippen LogP contribution is 2.54. The highest BCUT2D eigenvalue weighted by molar-refractivity contribution is 7.19. The second-order valence-electron chi connectivity index (χ2n) is 12.0. The van der Waals surface area contributed by atoms with E-state index in [1.165, 1.54) is 37.9 Å². The number of anilines is 3. The molecule has 0 radical (unpaired) electrons. The Morgan fingerprint density at radius 1 is 0.489 bits per heavy atom. The number of thiazole rings is 1. The zero-order chi connectivity index (χ0) is 30.9. The Labute approximate surface area is 275 Å². The van der Waals surface area contributed by atoms with Crippen molar-refractivity contribution in [2.24, 2.45) is 0 Å². The third-order valence-corrected chi connectivity index (χ3v) is 10.4. The minimum absolute atomic E-state index is 0.874. The maximum Gasteiger partial charge on any atom is 0.137 e. The molecule has 0 atom stereocenters. The van der Waals surface area contributed by atoms with E-state index >= 15 is 0 Å². The second kappa shape index (κ2) is 10.3. The van der Waals surface area contributed by atoms with Crippen LogP contribution < -0.4 is 4.90 Å². The monoisotopic (exact) mass is 618 g/mol. The molecule has 9 aromatic rings. The predicted octanol–water partition coefficient (Wildman–Crippen LogP) is 12.6. The van der Waals surface area contributed by atoms with E-state index in [1.54, 1.807) is 11.3 Å². The van der Waals surface area contributed by atoms with Crippen molar-refractivity contribution in [3.05, 3.63) is 158 Å². The number of nitrogens with zero attached hydrogens (tertiary/aromatic N) is 2. The number of furan rings is 1. The fourth-order valence-electron chi connectivity index (χ4n) is 7.10. The van der Waals surface area contributed by atoms with Crippen LogP contribution in [0.3, 0.4) is 0 Å². The van der Waals surface area contributed by atoms with Gasteiger partial charge in [0.1, 0.15) is 16.2 Å². The highest BCUT2D eigenvalue weighted by atomic mass is 32.1. The van der Waals surface area contributed by atoms with Crippen LogP contribution >= 0.6 is 11.3 Å². The molecule has 0 amide bonds. The summed E-state index contributed by atoms with van der Waals surface area (Å²) in [5, 5.41) is 5.76. The van der Waals surface area contributed by atoms with E-state index in [4.69, 9.17) is 9.40 Å². The number of benzene rings is 7. The fraction of sp³-hybridized carbons (Fsp3) is 0. The first-order chi connectivity index (χ1) is 23.3. The molecule has 0 saturated carbocycles. The Morgan fingerprint density at radius 3 is 2.06 bits per heavy atom. The molecule has 4 heteroatoms. The quantitative estimate of drug-likeness (QED) is 0.192. The molecule has 0 bridgehead atoms. The Balaban J connectivity index is 1.19. The lowest BCUT2D eigenvalue weighted by Crippen LogP contribution is -2.10. The number of rotatable bonds is 5. The number of aromatic nitrogens is 1. The maximum absolute atomic E-state index is 6.39. The Kier molecular flexibility index (Phi) is 5.74. The molecule has 7 aromatic carbocycles. The second-order valence-corrected chi connectivity index (χ2v) is 13.0. The molecule has 3 nitrogen and oxygen atoms in total. The van der Waals surface area contributed by atoms with E-state index in [9.17, 15) is 0 Å². The summed E-state index contributed by atoms with van der Waals surface area (Å²) >= 11 is 1.78. The summed E-state index contributed by atoms with van der Waals surface area (Å²) in [5.74, 6) is 0. The molecule has 0 spiro atoms. The molecule has 47 heavy (non-hydrogen) atoms. The van der Waals surface area contributed by atoms with E-state index in [2.05, 4.69) is 150 Å². The lowest BCUT2D eigenvalue weighted by molar-refractivity contribution is 0.669.